The summed E-state index contributed by atoms with van der Waals surface area (Å²) < 4.78 is 2.96. The van der Waals surface area contributed by atoms with Gasteiger partial charge in [0.1, 0.15) is 22.9 Å². The van der Waals surface area contributed by atoms with Crippen molar-refractivity contribution in [3.63, 3.8) is 0 Å². The van der Waals surface area contributed by atoms with Crippen LogP contribution < -0.4 is 0 Å². The van der Waals surface area contributed by atoms with E-state index in [0.29, 0.717) is 33.9 Å². The maximum absolute atomic E-state index is 10.9. The summed E-state index contributed by atoms with van der Waals surface area (Å²) in [7, 11) is 0. The fraction of sp³-hybridized carbons (Fsp3) is 0.143. The van der Waals surface area contributed by atoms with E-state index in [9.17, 15) is 20.4 Å². The molecule has 0 aliphatic rings. The van der Waals surface area contributed by atoms with E-state index in [0.717, 1.165) is 22.5 Å². The number of rotatable bonds is 10. The second kappa shape index (κ2) is 21.5. The molecular formula is C56H54CoN6O4. The number of phenols is 2. The Hall–Kier alpha value is -7.73. The minimum Gasteiger partial charge on any atom is -0.506 e. The van der Waals surface area contributed by atoms with Crippen LogP contribution in [0.2, 0.25) is 0 Å². The van der Waals surface area contributed by atoms with E-state index >= 15 is 0 Å². The van der Waals surface area contributed by atoms with E-state index < -0.39 is 0 Å². The van der Waals surface area contributed by atoms with Gasteiger partial charge in [-0.05, 0) is 93.8 Å². The number of hydrogen-bond donors (Lipinski definition) is 4. The van der Waals surface area contributed by atoms with Gasteiger partial charge in [-0.3, -0.25) is 9.98 Å². The van der Waals surface area contributed by atoms with Gasteiger partial charge in [0.25, 0.3) is 0 Å². The van der Waals surface area contributed by atoms with Crippen molar-refractivity contribution in [2.24, 2.45) is 9.98 Å². The van der Waals surface area contributed by atoms with Crippen LogP contribution in [-0.4, -0.2) is 52.4 Å². The summed E-state index contributed by atoms with van der Waals surface area (Å²) in [5.41, 5.74) is 9.13. The maximum Gasteiger partial charge on any atom is 0.223 e. The van der Waals surface area contributed by atoms with E-state index in [-0.39, 0.29) is 50.9 Å². The molecule has 6 aromatic carbocycles. The molecule has 0 unspecified atom stereocenters. The van der Waals surface area contributed by atoms with Crippen LogP contribution in [0.4, 0.5) is 11.4 Å². The van der Waals surface area contributed by atoms with Crippen molar-refractivity contribution in [3.8, 4) is 34.6 Å². The molecule has 8 rings (SSSR count). The zero-order valence-electron chi connectivity index (χ0n) is 38.3. The summed E-state index contributed by atoms with van der Waals surface area (Å²) in [6.45, 7) is 13.1. The molecule has 0 spiro atoms. The third kappa shape index (κ3) is 12.3. The van der Waals surface area contributed by atoms with Crippen molar-refractivity contribution < 1.29 is 37.2 Å². The smallest absolute Gasteiger partial charge is 0.223 e. The van der Waals surface area contributed by atoms with E-state index in [1.807, 2.05) is 85.0 Å². The average molecular weight is 934 g/mol. The minimum absolute atomic E-state index is 0. The van der Waals surface area contributed by atoms with E-state index in [2.05, 4.69) is 110 Å². The van der Waals surface area contributed by atoms with E-state index in [1.165, 1.54) is 32.9 Å². The Labute approximate surface area is 402 Å². The van der Waals surface area contributed by atoms with Crippen LogP contribution in [0, 0.1) is 0 Å². The zero-order chi connectivity index (χ0) is 46.8. The molecule has 10 nitrogen and oxygen atoms in total. The first kappa shape index (κ1) is 48.7. The van der Waals surface area contributed by atoms with Crippen molar-refractivity contribution in [2.45, 2.75) is 52.4 Å². The monoisotopic (exact) mass is 933 g/mol. The number of aromatic hydroxyl groups is 4. The molecule has 0 aliphatic heterocycles. The molecule has 0 aliphatic carbocycles. The predicted octanol–water partition coefficient (Wildman–Crippen LogP) is 13.0. The molecule has 2 aromatic heterocycles. The standard InChI is InChI=1S/2C28H27N3O2.Co/c2*1-28(2,3)21-16-13-20(14-17-21)15-18-24-23(19-29-25-11-7-8-12-26(25)32)27(33)31(30-24)22-9-5-4-6-10-22;/h2*4-19,32-33H,1-3H3;/b2*18-15+,29-19?;. The summed E-state index contributed by atoms with van der Waals surface area (Å²) in [5.74, 6) is 0.0886. The Bertz CT molecular complexity index is 2810. The summed E-state index contributed by atoms with van der Waals surface area (Å²) in [4.78, 5) is 8.75. The normalized spacial score (nSPS) is 11.9. The van der Waals surface area contributed by atoms with Crippen molar-refractivity contribution in [1.82, 2.24) is 19.6 Å². The van der Waals surface area contributed by atoms with Crippen LogP contribution in [0.5, 0.6) is 23.3 Å². The zero-order valence-corrected chi connectivity index (χ0v) is 39.3. The first-order valence-electron chi connectivity index (χ1n) is 21.6. The Morgan fingerprint density at radius 3 is 1.07 bits per heavy atom. The fourth-order valence-corrected chi connectivity index (χ4v) is 6.82. The number of phenolic OH excluding ortho intramolecular Hbond substituents is 2. The molecule has 0 bridgehead atoms. The third-order valence-electron chi connectivity index (χ3n) is 10.7. The molecule has 8 aromatic rings. The van der Waals surface area contributed by atoms with E-state index in [1.54, 1.807) is 48.5 Å². The van der Waals surface area contributed by atoms with Gasteiger partial charge in [0, 0.05) is 29.2 Å². The van der Waals surface area contributed by atoms with Crippen LogP contribution in [-0.2, 0) is 27.6 Å². The number of aliphatic imine (C=N–C) groups is 2. The summed E-state index contributed by atoms with van der Waals surface area (Å²) >= 11 is 0. The SMILES string of the molecule is CC(C)(C)c1ccc(/C=C/c2nn(-c3ccccc3)c(O)c2C=Nc2ccccc2O)cc1.CC(C)(C)c1ccc(/C=C/c2nn(-c3ccccc3)c(O)c2C=Nc2ccccc2O)cc1.[Co]. The second-order valence-electron chi connectivity index (χ2n) is 17.6. The topological polar surface area (TPSA) is 141 Å². The first-order valence-corrected chi connectivity index (χ1v) is 21.6. The second-order valence-corrected chi connectivity index (χ2v) is 17.6. The van der Waals surface area contributed by atoms with Crippen LogP contribution >= 0.6 is 0 Å². The molecule has 1 radical (unpaired) electrons. The van der Waals surface area contributed by atoms with Gasteiger partial charge in [-0.2, -0.15) is 10.2 Å². The van der Waals surface area contributed by atoms with Crippen molar-refractivity contribution in [1.29, 1.82) is 0 Å². The van der Waals surface area contributed by atoms with Gasteiger partial charge in [0.2, 0.25) is 11.8 Å². The molecular weight excluding hydrogens is 880 g/mol. The van der Waals surface area contributed by atoms with Crippen molar-refractivity contribution in [3.05, 3.63) is 202 Å². The number of hydrogen-bond acceptors (Lipinski definition) is 8. The van der Waals surface area contributed by atoms with Gasteiger partial charge in [-0.1, -0.05) is 163 Å². The molecule has 0 atom stereocenters. The van der Waals surface area contributed by atoms with Gasteiger partial charge in [-0.15, -0.1) is 0 Å². The summed E-state index contributed by atoms with van der Waals surface area (Å²) in [6, 6.07) is 49.2. The van der Waals surface area contributed by atoms with Crippen LogP contribution in [0.1, 0.15) is 86.3 Å². The van der Waals surface area contributed by atoms with Gasteiger partial charge >= 0.3 is 0 Å². The quantitative estimate of drug-likeness (QED) is 0.101. The summed E-state index contributed by atoms with van der Waals surface area (Å²) in [6.07, 6.45) is 10.7. The van der Waals surface area contributed by atoms with E-state index in [4.69, 9.17) is 0 Å². The fourth-order valence-electron chi connectivity index (χ4n) is 6.82. The van der Waals surface area contributed by atoms with Gasteiger partial charge in [0.05, 0.1) is 33.9 Å². The third-order valence-corrected chi connectivity index (χ3v) is 10.7. The Morgan fingerprint density at radius 2 is 0.746 bits per heavy atom. The number of benzene rings is 6. The summed E-state index contributed by atoms with van der Waals surface area (Å²) in [5, 5.41) is 51.2. The van der Waals surface area contributed by atoms with Gasteiger partial charge in [-0.25, -0.2) is 9.36 Å². The molecule has 0 amide bonds. The molecule has 341 valence electrons. The largest absolute Gasteiger partial charge is 0.506 e. The Kier molecular flexibility index (Phi) is 15.6. The molecule has 4 N–H and O–H groups in total. The average Bonchev–Trinajstić information content (AvgIpc) is 3.81. The number of nitrogens with zero attached hydrogens (tertiary/aromatic N) is 6. The predicted molar refractivity (Wildman–Crippen MR) is 269 cm³/mol. The molecule has 0 saturated heterocycles. The molecule has 67 heavy (non-hydrogen) atoms. The van der Waals surface area contributed by atoms with Crippen molar-refractivity contribution in [2.75, 3.05) is 0 Å². The van der Waals surface area contributed by atoms with Gasteiger partial charge < -0.3 is 20.4 Å². The van der Waals surface area contributed by atoms with Crippen molar-refractivity contribution >= 4 is 48.1 Å². The van der Waals surface area contributed by atoms with Crippen LogP contribution in [0.25, 0.3) is 35.7 Å². The number of para-hydroxylation sites is 6. The molecule has 0 saturated carbocycles. The maximum atomic E-state index is 10.9. The Morgan fingerprint density at radius 1 is 0.418 bits per heavy atom. The van der Waals surface area contributed by atoms with Crippen LogP contribution in [0.3, 0.4) is 0 Å². The molecule has 0 fully saturated rings. The van der Waals surface area contributed by atoms with Crippen LogP contribution in [0.15, 0.2) is 168 Å². The Balaban J connectivity index is 0.000000218. The molecule has 2 heterocycles. The first-order chi connectivity index (χ1) is 31.7. The molecule has 11 heteroatoms. The van der Waals surface area contributed by atoms with Gasteiger partial charge in [0.15, 0.2) is 0 Å². The number of aromatic nitrogens is 4. The minimum atomic E-state index is -0.0249.